The lowest BCUT2D eigenvalue weighted by atomic mass is 10.1. The molecule has 0 aromatic heterocycles. The van der Waals surface area contributed by atoms with E-state index in [1.165, 1.54) is 63.5 Å². The fourth-order valence-corrected chi connectivity index (χ4v) is 3.01. The van der Waals surface area contributed by atoms with Crippen LogP contribution >= 0.6 is 0 Å². The molecule has 23 heavy (non-hydrogen) atoms. The van der Waals surface area contributed by atoms with Crippen LogP contribution in [0.1, 0.15) is 70.8 Å². The smallest absolute Gasteiger partial charge is 0.00790 e. The van der Waals surface area contributed by atoms with Gasteiger partial charge in [-0.3, -0.25) is 0 Å². The maximum Gasteiger partial charge on any atom is 0.00790 e. The molecule has 0 heterocycles. The molecule has 0 aliphatic rings. The zero-order valence-corrected chi connectivity index (χ0v) is 15.4. The Morgan fingerprint density at radius 1 is 0.783 bits per heavy atom. The van der Waals surface area contributed by atoms with Crippen molar-refractivity contribution in [1.29, 1.82) is 0 Å². The van der Waals surface area contributed by atoms with E-state index in [1.54, 1.807) is 0 Å². The minimum absolute atomic E-state index is 0.690. The van der Waals surface area contributed by atoms with Gasteiger partial charge in [0.25, 0.3) is 0 Å². The standard InChI is InChI=1S/C21H38N2/c1-3-5-6-7-11-17-23-21(12-4-2)16-19-22-18-15-20-13-9-8-10-14-20/h8-10,13-14,21-23H,3-7,11-12,15-19H2,1-2H3. The number of hydrogen-bond donors (Lipinski definition) is 2. The Bertz CT molecular complexity index is 350. The molecule has 0 saturated carbocycles. The van der Waals surface area contributed by atoms with Gasteiger partial charge in [0.05, 0.1) is 0 Å². The van der Waals surface area contributed by atoms with Gasteiger partial charge in [0, 0.05) is 6.04 Å². The molecule has 0 aliphatic carbocycles. The first-order valence-electron chi connectivity index (χ1n) is 9.84. The predicted octanol–water partition coefficient (Wildman–Crippen LogP) is 4.94. The highest BCUT2D eigenvalue weighted by Crippen LogP contribution is 2.04. The number of benzene rings is 1. The van der Waals surface area contributed by atoms with Crippen LogP contribution in [0.25, 0.3) is 0 Å². The van der Waals surface area contributed by atoms with Crippen molar-refractivity contribution in [2.45, 2.75) is 77.7 Å². The summed E-state index contributed by atoms with van der Waals surface area (Å²) >= 11 is 0. The molecule has 1 atom stereocenters. The van der Waals surface area contributed by atoms with Crippen LogP contribution in [0.15, 0.2) is 30.3 Å². The largest absolute Gasteiger partial charge is 0.316 e. The molecule has 0 saturated heterocycles. The van der Waals surface area contributed by atoms with Gasteiger partial charge < -0.3 is 10.6 Å². The second-order valence-corrected chi connectivity index (χ2v) is 6.63. The highest BCUT2D eigenvalue weighted by molar-refractivity contribution is 5.14. The molecule has 132 valence electrons. The summed E-state index contributed by atoms with van der Waals surface area (Å²) in [7, 11) is 0. The summed E-state index contributed by atoms with van der Waals surface area (Å²) in [4.78, 5) is 0. The highest BCUT2D eigenvalue weighted by Gasteiger charge is 2.06. The Hall–Kier alpha value is -0.860. The SMILES string of the molecule is CCCCCCCNC(CCC)CCNCCc1ccccc1. The van der Waals surface area contributed by atoms with Crippen molar-refractivity contribution < 1.29 is 0 Å². The van der Waals surface area contributed by atoms with E-state index < -0.39 is 0 Å². The fraction of sp³-hybridized carbons (Fsp3) is 0.714. The Kier molecular flexibility index (Phi) is 12.9. The van der Waals surface area contributed by atoms with E-state index in [2.05, 4.69) is 54.8 Å². The summed E-state index contributed by atoms with van der Waals surface area (Å²) in [6.45, 7) is 7.97. The van der Waals surface area contributed by atoms with E-state index >= 15 is 0 Å². The first-order chi connectivity index (χ1) is 11.4. The monoisotopic (exact) mass is 318 g/mol. The maximum atomic E-state index is 3.77. The van der Waals surface area contributed by atoms with Gasteiger partial charge in [-0.2, -0.15) is 0 Å². The molecule has 0 fully saturated rings. The van der Waals surface area contributed by atoms with Crippen LogP contribution in [0.2, 0.25) is 0 Å². The fourth-order valence-electron chi connectivity index (χ4n) is 3.01. The zero-order valence-electron chi connectivity index (χ0n) is 15.4. The number of unbranched alkanes of at least 4 members (excludes halogenated alkanes) is 4. The van der Waals surface area contributed by atoms with Gasteiger partial charge in [-0.1, -0.05) is 76.3 Å². The van der Waals surface area contributed by atoms with Crippen LogP contribution < -0.4 is 10.6 Å². The summed E-state index contributed by atoms with van der Waals surface area (Å²) < 4.78 is 0. The van der Waals surface area contributed by atoms with E-state index in [4.69, 9.17) is 0 Å². The van der Waals surface area contributed by atoms with Gasteiger partial charge in [0.15, 0.2) is 0 Å². The van der Waals surface area contributed by atoms with Crippen LogP contribution in [-0.4, -0.2) is 25.7 Å². The highest BCUT2D eigenvalue weighted by atomic mass is 14.9. The quantitative estimate of drug-likeness (QED) is 0.448. The van der Waals surface area contributed by atoms with Gasteiger partial charge in [-0.05, 0) is 50.9 Å². The van der Waals surface area contributed by atoms with Crippen molar-refractivity contribution >= 4 is 0 Å². The molecule has 1 aromatic carbocycles. The van der Waals surface area contributed by atoms with Crippen LogP contribution in [0.5, 0.6) is 0 Å². The van der Waals surface area contributed by atoms with E-state index in [0.717, 1.165) is 19.5 Å². The number of hydrogen-bond acceptors (Lipinski definition) is 2. The van der Waals surface area contributed by atoms with Gasteiger partial charge >= 0.3 is 0 Å². The molecule has 0 radical (unpaired) electrons. The second kappa shape index (κ2) is 14.7. The van der Waals surface area contributed by atoms with E-state index in [-0.39, 0.29) is 0 Å². The van der Waals surface area contributed by atoms with E-state index in [9.17, 15) is 0 Å². The van der Waals surface area contributed by atoms with Crippen molar-refractivity contribution in [3.8, 4) is 0 Å². The van der Waals surface area contributed by atoms with E-state index in [1.807, 2.05) is 0 Å². The molecule has 1 unspecified atom stereocenters. The second-order valence-electron chi connectivity index (χ2n) is 6.63. The third-order valence-corrected chi connectivity index (χ3v) is 4.45. The average Bonchev–Trinajstić information content (AvgIpc) is 2.58. The third-order valence-electron chi connectivity index (χ3n) is 4.45. The molecule has 2 nitrogen and oxygen atoms in total. The molecule has 0 bridgehead atoms. The summed E-state index contributed by atoms with van der Waals surface area (Å²) in [6, 6.07) is 11.4. The molecule has 0 amide bonds. The van der Waals surface area contributed by atoms with Gasteiger partial charge in [-0.15, -0.1) is 0 Å². The Morgan fingerprint density at radius 3 is 2.30 bits per heavy atom. The molecule has 0 spiro atoms. The van der Waals surface area contributed by atoms with E-state index in [0.29, 0.717) is 6.04 Å². The molecular weight excluding hydrogens is 280 g/mol. The molecular formula is C21H38N2. The number of nitrogens with one attached hydrogen (secondary N) is 2. The van der Waals surface area contributed by atoms with Crippen molar-refractivity contribution in [3.63, 3.8) is 0 Å². The number of rotatable bonds is 15. The van der Waals surface area contributed by atoms with Crippen molar-refractivity contribution in [3.05, 3.63) is 35.9 Å². The molecule has 1 rings (SSSR count). The van der Waals surface area contributed by atoms with Crippen molar-refractivity contribution in [2.24, 2.45) is 0 Å². The molecule has 1 aromatic rings. The zero-order chi connectivity index (χ0) is 16.6. The van der Waals surface area contributed by atoms with Crippen molar-refractivity contribution in [2.75, 3.05) is 19.6 Å². The third kappa shape index (κ3) is 11.3. The molecule has 0 aliphatic heterocycles. The average molecular weight is 319 g/mol. The lowest BCUT2D eigenvalue weighted by molar-refractivity contribution is 0.428. The Balaban J connectivity index is 2.03. The predicted molar refractivity (Wildman–Crippen MR) is 103 cm³/mol. The molecule has 2 heteroatoms. The molecule has 2 N–H and O–H groups in total. The lowest BCUT2D eigenvalue weighted by Gasteiger charge is -2.18. The van der Waals surface area contributed by atoms with Gasteiger partial charge in [0.1, 0.15) is 0 Å². The van der Waals surface area contributed by atoms with Gasteiger partial charge in [-0.25, -0.2) is 0 Å². The first kappa shape index (κ1) is 20.2. The summed E-state index contributed by atoms with van der Waals surface area (Å²) in [6.07, 6.45) is 11.8. The first-order valence-corrected chi connectivity index (χ1v) is 9.84. The minimum atomic E-state index is 0.690. The van der Waals surface area contributed by atoms with Crippen LogP contribution in [0.4, 0.5) is 0 Å². The maximum absolute atomic E-state index is 3.77. The summed E-state index contributed by atoms with van der Waals surface area (Å²) in [5.41, 5.74) is 1.43. The van der Waals surface area contributed by atoms with Crippen LogP contribution in [0.3, 0.4) is 0 Å². The van der Waals surface area contributed by atoms with Crippen LogP contribution in [0, 0.1) is 0 Å². The summed E-state index contributed by atoms with van der Waals surface area (Å²) in [5, 5.41) is 7.37. The summed E-state index contributed by atoms with van der Waals surface area (Å²) in [5.74, 6) is 0. The van der Waals surface area contributed by atoms with Crippen molar-refractivity contribution in [1.82, 2.24) is 10.6 Å². The minimum Gasteiger partial charge on any atom is -0.316 e. The topological polar surface area (TPSA) is 24.1 Å². The van der Waals surface area contributed by atoms with Gasteiger partial charge in [0.2, 0.25) is 0 Å². The lowest BCUT2D eigenvalue weighted by Crippen LogP contribution is -2.33. The normalized spacial score (nSPS) is 12.4. The Morgan fingerprint density at radius 2 is 1.57 bits per heavy atom. The van der Waals surface area contributed by atoms with Crippen LogP contribution in [-0.2, 0) is 6.42 Å². The Labute approximate surface area is 144 Å².